The van der Waals surface area contributed by atoms with Crippen LogP contribution in [0.5, 0.6) is 0 Å². The zero-order valence-corrected chi connectivity index (χ0v) is 19.2. The van der Waals surface area contributed by atoms with Gasteiger partial charge in [-0.15, -0.1) is 0 Å². The van der Waals surface area contributed by atoms with E-state index in [0.29, 0.717) is 31.2 Å². The third kappa shape index (κ3) is 4.28. The maximum absolute atomic E-state index is 13.4. The van der Waals surface area contributed by atoms with Gasteiger partial charge in [-0.05, 0) is 84.0 Å². The highest BCUT2D eigenvalue weighted by Gasteiger charge is 2.61. The van der Waals surface area contributed by atoms with Crippen LogP contribution in [0.15, 0.2) is 0 Å². The van der Waals surface area contributed by atoms with Crippen molar-refractivity contribution in [3.63, 3.8) is 0 Å². The van der Waals surface area contributed by atoms with Crippen LogP contribution >= 0.6 is 0 Å². The molecule has 8 heteroatoms. The lowest BCUT2D eigenvalue weighted by molar-refractivity contribution is -0.175. The van der Waals surface area contributed by atoms with Gasteiger partial charge in [-0.2, -0.15) is 0 Å². The number of hydrogen-bond acceptors (Lipinski definition) is 6. The van der Waals surface area contributed by atoms with Gasteiger partial charge in [0.2, 0.25) is 5.91 Å². The van der Waals surface area contributed by atoms with Crippen molar-refractivity contribution in [2.75, 3.05) is 20.2 Å². The van der Waals surface area contributed by atoms with Gasteiger partial charge in [-0.25, -0.2) is 9.59 Å². The average Bonchev–Trinajstić information content (AvgIpc) is 3.11. The number of likely N-dealkylation sites (tertiary alicyclic amines) is 1. The van der Waals surface area contributed by atoms with Crippen molar-refractivity contribution in [3.05, 3.63) is 0 Å². The van der Waals surface area contributed by atoms with Crippen molar-refractivity contribution in [2.45, 2.75) is 94.9 Å². The smallest absolute Gasteiger partial charge is 0.411 e. The molecule has 8 nitrogen and oxygen atoms in total. The van der Waals surface area contributed by atoms with Gasteiger partial charge < -0.3 is 19.5 Å². The largest absolute Gasteiger partial charge is 0.467 e. The van der Waals surface area contributed by atoms with E-state index in [0.717, 1.165) is 38.5 Å². The third-order valence-electron chi connectivity index (χ3n) is 7.53. The number of nitrogens with zero attached hydrogens (tertiary/aromatic N) is 2. The lowest BCUT2D eigenvalue weighted by Crippen LogP contribution is -2.68. The Morgan fingerprint density at radius 3 is 2.32 bits per heavy atom. The fraction of sp³-hybridized carbons (Fsp3) is 0.870. The Hall–Kier alpha value is -1.83. The van der Waals surface area contributed by atoms with Gasteiger partial charge in [0, 0.05) is 6.54 Å². The highest BCUT2D eigenvalue weighted by molar-refractivity contribution is 5.88. The number of amides is 2. The zero-order valence-electron chi connectivity index (χ0n) is 19.2. The Kier molecular flexibility index (Phi) is 5.51. The molecule has 4 saturated carbocycles. The monoisotopic (exact) mass is 436 g/mol. The fourth-order valence-corrected chi connectivity index (χ4v) is 6.90. The second-order valence-corrected chi connectivity index (χ2v) is 11.2. The Balaban J connectivity index is 1.60. The van der Waals surface area contributed by atoms with Gasteiger partial charge in [0.1, 0.15) is 18.2 Å². The molecule has 174 valence electrons. The lowest BCUT2D eigenvalue weighted by atomic mass is 9.50. The summed E-state index contributed by atoms with van der Waals surface area (Å²) in [6, 6.07) is -0.599. The normalized spacial score (nSPS) is 36.4. The van der Waals surface area contributed by atoms with E-state index in [9.17, 15) is 19.5 Å². The van der Waals surface area contributed by atoms with Crippen LogP contribution in [0, 0.1) is 11.8 Å². The second kappa shape index (κ2) is 7.64. The molecule has 4 aliphatic carbocycles. The van der Waals surface area contributed by atoms with Crippen LogP contribution in [0.4, 0.5) is 4.79 Å². The molecule has 5 fully saturated rings. The molecule has 2 amide bonds. The summed E-state index contributed by atoms with van der Waals surface area (Å²) in [4.78, 5) is 42.0. The van der Waals surface area contributed by atoms with Gasteiger partial charge in [0.15, 0.2) is 0 Å². The molecule has 5 aliphatic rings. The van der Waals surface area contributed by atoms with E-state index in [4.69, 9.17) is 9.47 Å². The number of rotatable bonds is 4. The molecule has 1 aliphatic heterocycles. The fourth-order valence-electron chi connectivity index (χ4n) is 6.90. The molecule has 0 spiro atoms. The van der Waals surface area contributed by atoms with Crippen LogP contribution in [0.1, 0.15) is 72.1 Å². The first kappa shape index (κ1) is 22.4. The minimum atomic E-state index is -0.768. The zero-order chi connectivity index (χ0) is 22.6. The molecule has 5 rings (SSSR count). The molecule has 2 unspecified atom stereocenters. The molecule has 0 aromatic rings. The molecule has 31 heavy (non-hydrogen) atoms. The van der Waals surface area contributed by atoms with Gasteiger partial charge in [-0.1, -0.05) is 0 Å². The third-order valence-corrected chi connectivity index (χ3v) is 7.53. The van der Waals surface area contributed by atoms with Crippen LogP contribution in [-0.2, 0) is 19.1 Å². The molecule has 0 aromatic heterocycles. The van der Waals surface area contributed by atoms with E-state index in [1.807, 2.05) is 20.8 Å². The summed E-state index contributed by atoms with van der Waals surface area (Å²) in [6.45, 7) is 5.77. The number of ether oxygens (including phenoxy) is 2. The molecular formula is C23H36N2O6. The summed E-state index contributed by atoms with van der Waals surface area (Å²) in [6.07, 6.45) is 5.48. The first-order valence-corrected chi connectivity index (χ1v) is 11.5. The van der Waals surface area contributed by atoms with Crippen molar-refractivity contribution in [1.29, 1.82) is 0 Å². The maximum Gasteiger partial charge on any atom is 0.411 e. The molecule has 4 bridgehead atoms. The number of methoxy groups -OCH3 is 1. The van der Waals surface area contributed by atoms with Crippen LogP contribution < -0.4 is 0 Å². The van der Waals surface area contributed by atoms with E-state index < -0.39 is 34.8 Å². The lowest BCUT2D eigenvalue weighted by Gasteiger charge is -2.62. The summed E-state index contributed by atoms with van der Waals surface area (Å²) < 4.78 is 10.6. The highest BCUT2D eigenvalue weighted by atomic mass is 16.6. The molecule has 0 radical (unpaired) electrons. The maximum atomic E-state index is 13.4. The summed E-state index contributed by atoms with van der Waals surface area (Å²) >= 11 is 0. The molecule has 3 atom stereocenters. The quantitative estimate of drug-likeness (QED) is 0.680. The Morgan fingerprint density at radius 1 is 1.13 bits per heavy atom. The minimum absolute atomic E-state index is 0.141. The molecule has 1 heterocycles. The van der Waals surface area contributed by atoms with E-state index in [1.54, 1.807) is 9.80 Å². The van der Waals surface area contributed by atoms with Gasteiger partial charge in [0.25, 0.3) is 0 Å². The average molecular weight is 437 g/mol. The van der Waals surface area contributed by atoms with Crippen LogP contribution in [0.2, 0.25) is 0 Å². The summed E-state index contributed by atoms with van der Waals surface area (Å²) in [5.74, 6) is 0.0436. The Labute approximate surface area is 184 Å². The van der Waals surface area contributed by atoms with Crippen molar-refractivity contribution >= 4 is 18.0 Å². The highest BCUT2D eigenvalue weighted by Crippen LogP contribution is 2.59. The summed E-state index contributed by atoms with van der Waals surface area (Å²) in [5.41, 5.74) is -2.04. The Bertz CT molecular complexity index is 746. The summed E-state index contributed by atoms with van der Waals surface area (Å²) in [5, 5.41) is 11.2. The van der Waals surface area contributed by atoms with E-state index in [2.05, 4.69) is 0 Å². The predicted molar refractivity (Wildman–Crippen MR) is 112 cm³/mol. The first-order valence-electron chi connectivity index (χ1n) is 11.5. The SMILES string of the molecule is COC(=O)[C@@H]1CCCN1C(=O)CN(C(=O)OC(C)(C)C)C12CC3CC(CC(O)(C3)C1)C2. The van der Waals surface area contributed by atoms with E-state index >= 15 is 0 Å². The standard InChI is InChI=1S/C23H36N2O6/c1-21(2,3)31-20(28)25(13-18(26)24-7-5-6-17(24)19(27)30-4)22-9-15-8-16(10-22)12-23(29,11-15)14-22/h15-17,29H,5-14H2,1-4H3/t15?,16?,17-,22?,23?/m0/s1. The number of aliphatic hydroxyl groups is 1. The number of esters is 1. The van der Waals surface area contributed by atoms with Gasteiger partial charge >= 0.3 is 12.1 Å². The van der Waals surface area contributed by atoms with Gasteiger partial charge in [0.05, 0.1) is 18.2 Å². The minimum Gasteiger partial charge on any atom is -0.467 e. The van der Waals surface area contributed by atoms with Gasteiger partial charge in [-0.3, -0.25) is 9.69 Å². The second-order valence-electron chi connectivity index (χ2n) is 11.2. The topological polar surface area (TPSA) is 96.4 Å². The van der Waals surface area contributed by atoms with Crippen LogP contribution in [-0.4, -0.2) is 75.9 Å². The molecule has 1 saturated heterocycles. The van der Waals surface area contributed by atoms with Crippen molar-refractivity contribution in [1.82, 2.24) is 9.80 Å². The van der Waals surface area contributed by atoms with Crippen LogP contribution in [0.25, 0.3) is 0 Å². The Morgan fingerprint density at radius 2 is 1.77 bits per heavy atom. The summed E-state index contributed by atoms with van der Waals surface area (Å²) in [7, 11) is 1.33. The van der Waals surface area contributed by atoms with Crippen molar-refractivity contribution < 1.29 is 29.0 Å². The predicted octanol–water partition coefficient (Wildman–Crippen LogP) is 2.47. The van der Waals surface area contributed by atoms with Crippen LogP contribution in [0.3, 0.4) is 0 Å². The number of carbonyl (C=O) groups excluding carboxylic acids is 3. The number of hydrogen-bond donors (Lipinski definition) is 1. The first-order chi connectivity index (χ1) is 14.4. The number of carbonyl (C=O) groups is 3. The van der Waals surface area contributed by atoms with E-state index in [-0.39, 0.29) is 12.5 Å². The molecule has 0 aromatic carbocycles. The van der Waals surface area contributed by atoms with E-state index in [1.165, 1.54) is 7.11 Å². The molecule has 1 N–H and O–H groups in total. The molecular weight excluding hydrogens is 400 g/mol. The van der Waals surface area contributed by atoms with Crippen molar-refractivity contribution in [3.8, 4) is 0 Å². The van der Waals surface area contributed by atoms with Crippen molar-refractivity contribution in [2.24, 2.45) is 11.8 Å².